The molecule has 0 unspecified atom stereocenters. The number of ketones is 1. The predicted molar refractivity (Wildman–Crippen MR) is 112 cm³/mol. The number of para-hydroxylation sites is 1. The molecule has 0 spiro atoms. The maximum Gasteiger partial charge on any atom is 0.223 e. The Hall–Kier alpha value is -3.71. The average molecular weight is 419 g/mol. The first-order chi connectivity index (χ1) is 14.4. The molecule has 0 fully saturated rings. The van der Waals surface area contributed by atoms with E-state index in [1.807, 2.05) is 6.92 Å². The number of aromatic nitrogens is 2. The van der Waals surface area contributed by atoms with Crippen molar-refractivity contribution in [2.24, 2.45) is 0 Å². The van der Waals surface area contributed by atoms with Crippen molar-refractivity contribution in [3.05, 3.63) is 95.7 Å². The number of sulfone groups is 1. The lowest BCUT2D eigenvalue weighted by Crippen LogP contribution is -2.07. The Labute approximate surface area is 173 Å². The Kier molecular flexibility index (Phi) is 4.97. The van der Waals surface area contributed by atoms with E-state index in [1.165, 1.54) is 24.3 Å². The zero-order chi connectivity index (χ0) is 21.3. The quantitative estimate of drug-likeness (QED) is 0.374. The summed E-state index contributed by atoms with van der Waals surface area (Å²) in [7, 11) is -3.97. The number of phenolic OH excluding ortho intramolecular Hbond substituents is 1. The van der Waals surface area contributed by atoms with Crippen molar-refractivity contribution in [1.29, 1.82) is 0 Å². The highest BCUT2D eigenvalue weighted by Gasteiger charge is 2.31. The molecular formula is C23H18N2O4S. The smallest absolute Gasteiger partial charge is 0.223 e. The van der Waals surface area contributed by atoms with E-state index < -0.39 is 15.6 Å². The molecule has 0 aliphatic rings. The number of aromatic amines is 1. The normalized spacial score (nSPS) is 11.4. The number of rotatable bonds is 5. The number of carbonyl (C=O) groups excluding carboxylic acids is 1. The molecule has 3 aromatic carbocycles. The number of nitrogens with zero attached hydrogens (tertiary/aromatic N) is 1. The van der Waals surface area contributed by atoms with E-state index in [-0.39, 0.29) is 32.5 Å². The third-order valence-electron chi connectivity index (χ3n) is 4.76. The average Bonchev–Trinajstić information content (AvgIpc) is 3.21. The largest absolute Gasteiger partial charge is 0.507 e. The molecule has 0 amide bonds. The molecule has 150 valence electrons. The highest BCUT2D eigenvalue weighted by molar-refractivity contribution is 7.91. The zero-order valence-corrected chi connectivity index (χ0v) is 16.8. The minimum absolute atomic E-state index is 0.0421. The number of nitrogens with one attached hydrogen (secondary N) is 1. The summed E-state index contributed by atoms with van der Waals surface area (Å²) in [6.45, 7) is 1.87. The fourth-order valence-corrected chi connectivity index (χ4v) is 4.57. The first-order valence-corrected chi connectivity index (χ1v) is 10.7. The lowest BCUT2D eigenvalue weighted by Gasteiger charge is -2.08. The van der Waals surface area contributed by atoms with Crippen LogP contribution in [0.15, 0.2) is 88.8 Å². The van der Waals surface area contributed by atoms with Crippen molar-refractivity contribution in [3.8, 4) is 16.9 Å². The van der Waals surface area contributed by atoms with Crippen LogP contribution in [0.25, 0.3) is 11.1 Å². The molecule has 0 bridgehead atoms. The third kappa shape index (κ3) is 3.40. The molecule has 7 heteroatoms. The Bertz CT molecular complexity index is 1330. The lowest BCUT2D eigenvalue weighted by molar-refractivity contribution is 0.103. The van der Waals surface area contributed by atoms with Crippen molar-refractivity contribution >= 4 is 15.6 Å². The number of H-pyrrole nitrogens is 1. The summed E-state index contributed by atoms with van der Waals surface area (Å²) in [5.41, 5.74) is 1.59. The van der Waals surface area contributed by atoms with E-state index in [0.29, 0.717) is 5.56 Å². The summed E-state index contributed by atoms with van der Waals surface area (Å²) >= 11 is 0. The van der Waals surface area contributed by atoms with Crippen LogP contribution in [0.3, 0.4) is 0 Å². The Morgan fingerprint density at radius 3 is 2.20 bits per heavy atom. The van der Waals surface area contributed by atoms with Crippen molar-refractivity contribution in [3.63, 3.8) is 0 Å². The van der Waals surface area contributed by atoms with Gasteiger partial charge in [-0.25, -0.2) is 8.42 Å². The van der Waals surface area contributed by atoms with Crippen LogP contribution in [-0.4, -0.2) is 29.5 Å². The maximum absolute atomic E-state index is 13.3. The monoisotopic (exact) mass is 419 g/mol. The Morgan fingerprint density at radius 2 is 1.53 bits per heavy atom. The summed E-state index contributed by atoms with van der Waals surface area (Å²) in [6, 6.07) is 21.2. The lowest BCUT2D eigenvalue weighted by atomic mass is 10.1. The number of hydrogen-bond acceptors (Lipinski definition) is 5. The highest BCUT2D eigenvalue weighted by atomic mass is 32.2. The van der Waals surface area contributed by atoms with Gasteiger partial charge in [-0.2, -0.15) is 5.10 Å². The van der Waals surface area contributed by atoms with E-state index >= 15 is 0 Å². The van der Waals surface area contributed by atoms with E-state index in [1.54, 1.807) is 54.6 Å². The highest BCUT2D eigenvalue weighted by Crippen LogP contribution is 2.34. The van der Waals surface area contributed by atoms with Crippen LogP contribution in [0.1, 0.15) is 21.6 Å². The molecule has 0 radical (unpaired) electrons. The van der Waals surface area contributed by atoms with Crippen LogP contribution < -0.4 is 0 Å². The molecule has 1 aromatic heterocycles. The van der Waals surface area contributed by atoms with E-state index in [0.717, 1.165) is 5.56 Å². The van der Waals surface area contributed by atoms with Gasteiger partial charge in [-0.15, -0.1) is 0 Å². The van der Waals surface area contributed by atoms with E-state index in [4.69, 9.17) is 0 Å². The predicted octanol–water partition coefficient (Wildman–Crippen LogP) is 4.15. The number of aromatic hydroxyl groups is 1. The van der Waals surface area contributed by atoms with Crippen LogP contribution in [0.4, 0.5) is 0 Å². The Morgan fingerprint density at radius 1 is 0.900 bits per heavy atom. The summed E-state index contributed by atoms with van der Waals surface area (Å²) in [5, 5.41) is 16.5. The molecule has 0 atom stereocenters. The van der Waals surface area contributed by atoms with Gasteiger partial charge in [0.15, 0.2) is 5.03 Å². The third-order valence-corrected chi connectivity index (χ3v) is 6.48. The number of carbonyl (C=O) groups is 1. The fraction of sp³-hybridized carbons (Fsp3) is 0.0435. The molecule has 2 N–H and O–H groups in total. The summed E-state index contributed by atoms with van der Waals surface area (Å²) in [5.74, 6) is -0.777. The van der Waals surface area contributed by atoms with Crippen LogP contribution in [0, 0.1) is 6.92 Å². The minimum Gasteiger partial charge on any atom is -0.507 e. The van der Waals surface area contributed by atoms with Crippen LogP contribution in [-0.2, 0) is 9.84 Å². The molecule has 4 aromatic rings. The molecule has 0 aliphatic heterocycles. The second-order valence-electron chi connectivity index (χ2n) is 6.81. The van der Waals surface area contributed by atoms with Gasteiger partial charge in [-0.1, -0.05) is 60.2 Å². The standard InChI is InChI=1S/C23H18N2O4S/c1-15-11-13-17(14-12-15)30(28,29)23-20(16-7-3-2-4-8-16)21(24-25-23)22(27)18-9-5-6-10-19(18)26/h2-14,26H,1H3,(H,24,25)/i22+1. The summed E-state index contributed by atoms with van der Waals surface area (Å²) in [6.07, 6.45) is 0. The molecular weight excluding hydrogens is 401 g/mol. The number of phenols is 1. The van der Waals surface area contributed by atoms with Crippen molar-refractivity contribution in [2.45, 2.75) is 16.8 Å². The van der Waals surface area contributed by atoms with Gasteiger partial charge in [-0.05, 0) is 36.8 Å². The zero-order valence-electron chi connectivity index (χ0n) is 16.0. The topological polar surface area (TPSA) is 100 Å². The number of hydrogen-bond donors (Lipinski definition) is 2. The first kappa shape index (κ1) is 19.6. The van der Waals surface area contributed by atoms with Gasteiger partial charge in [0.1, 0.15) is 11.4 Å². The van der Waals surface area contributed by atoms with Crippen molar-refractivity contribution < 1.29 is 18.3 Å². The SMILES string of the molecule is Cc1ccc(S(=O)(=O)c2[nH]nc([13C](=O)c3ccccc3O)c2-c2ccccc2)cc1. The molecule has 0 saturated carbocycles. The number of benzene rings is 3. The summed E-state index contributed by atoms with van der Waals surface area (Å²) in [4.78, 5) is 13.2. The van der Waals surface area contributed by atoms with Gasteiger partial charge in [-0.3, -0.25) is 9.89 Å². The van der Waals surface area contributed by atoms with Crippen molar-refractivity contribution in [1.82, 2.24) is 10.2 Å². The molecule has 0 aliphatic carbocycles. The van der Waals surface area contributed by atoms with Gasteiger partial charge in [0.2, 0.25) is 15.6 Å². The van der Waals surface area contributed by atoms with Crippen LogP contribution in [0.2, 0.25) is 0 Å². The maximum atomic E-state index is 13.3. The van der Waals surface area contributed by atoms with Gasteiger partial charge < -0.3 is 5.11 Å². The van der Waals surface area contributed by atoms with Gasteiger partial charge in [0.05, 0.1) is 16.0 Å². The Balaban J connectivity index is 1.94. The fourth-order valence-electron chi connectivity index (χ4n) is 3.19. The molecule has 4 rings (SSSR count). The van der Waals surface area contributed by atoms with Gasteiger partial charge >= 0.3 is 0 Å². The minimum atomic E-state index is -3.97. The second-order valence-corrected chi connectivity index (χ2v) is 8.69. The van der Waals surface area contributed by atoms with Crippen molar-refractivity contribution in [2.75, 3.05) is 0 Å². The molecule has 1 heterocycles. The van der Waals surface area contributed by atoms with Crippen LogP contribution >= 0.6 is 0 Å². The van der Waals surface area contributed by atoms with Gasteiger partial charge in [0.25, 0.3) is 0 Å². The first-order valence-electron chi connectivity index (χ1n) is 9.18. The number of aryl methyl sites for hydroxylation is 1. The van der Waals surface area contributed by atoms with E-state index in [9.17, 15) is 18.3 Å². The summed E-state index contributed by atoms with van der Waals surface area (Å²) < 4.78 is 26.7. The van der Waals surface area contributed by atoms with Crippen LogP contribution in [0.5, 0.6) is 5.75 Å². The van der Waals surface area contributed by atoms with E-state index in [2.05, 4.69) is 10.2 Å². The second kappa shape index (κ2) is 7.61. The van der Waals surface area contributed by atoms with Gasteiger partial charge in [0, 0.05) is 0 Å². The molecule has 0 saturated heterocycles. The molecule has 30 heavy (non-hydrogen) atoms. The molecule has 6 nitrogen and oxygen atoms in total.